The molecule has 1 nitrogen and oxygen atoms in total. The lowest BCUT2D eigenvalue weighted by Gasteiger charge is -2.04. The van der Waals surface area contributed by atoms with Crippen LogP contribution < -0.4 is 0 Å². The summed E-state index contributed by atoms with van der Waals surface area (Å²) in [4.78, 5) is 6.00. The van der Waals surface area contributed by atoms with Crippen LogP contribution in [0.2, 0.25) is 0 Å². The van der Waals surface area contributed by atoms with E-state index in [0.717, 1.165) is 10.5 Å². The molecule has 0 fully saturated rings. The Hall–Kier alpha value is -1.32. The minimum atomic E-state index is 0.619. The fourth-order valence-corrected chi connectivity index (χ4v) is 3.75. The van der Waals surface area contributed by atoms with E-state index in [2.05, 4.69) is 61.3 Å². The molecule has 0 bridgehead atoms. The molecular weight excluding hydrogens is 270 g/mol. The van der Waals surface area contributed by atoms with Crippen molar-refractivity contribution >= 4 is 33.3 Å². The van der Waals surface area contributed by atoms with Gasteiger partial charge >= 0.3 is 0 Å². The van der Waals surface area contributed by atoms with E-state index in [4.69, 9.17) is 0 Å². The second-order valence-corrected chi connectivity index (χ2v) is 7.36. The van der Waals surface area contributed by atoms with Gasteiger partial charge in [-0.1, -0.05) is 38.1 Å². The molecular formula is C16H15NS2. The highest BCUT2D eigenvalue weighted by Gasteiger charge is 2.06. The molecule has 0 radical (unpaired) electrons. The Labute approximate surface area is 121 Å². The van der Waals surface area contributed by atoms with E-state index in [-0.39, 0.29) is 0 Å². The maximum absolute atomic E-state index is 4.69. The van der Waals surface area contributed by atoms with Gasteiger partial charge in [-0.3, -0.25) is 0 Å². The predicted molar refractivity (Wildman–Crippen MR) is 86.0 cm³/mol. The quantitative estimate of drug-likeness (QED) is 0.592. The molecule has 1 heterocycles. The zero-order valence-corrected chi connectivity index (χ0v) is 12.6. The third-order valence-electron chi connectivity index (χ3n) is 2.77. The van der Waals surface area contributed by atoms with Crippen LogP contribution in [0, 0.1) is 0 Å². The molecule has 0 saturated carbocycles. The van der Waals surface area contributed by atoms with Crippen LogP contribution >= 0.6 is 23.1 Å². The Morgan fingerprint density at radius 2 is 1.74 bits per heavy atom. The van der Waals surface area contributed by atoms with Crippen LogP contribution in [0.15, 0.2) is 53.4 Å². The first-order valence-corrected chi connectivity index (χ1v) is 8.04. The van der Waals surface area contributed by atoms with Crippen LogP contribution in [0.1, 0.15) is 13.8 Å². The fraction of sp³-hybridized carbons (Fsp3) is 0.188. The maximum atomic E-state index is 4.69. The van der Waals surface area contributed by atoms with E-state index in [1.807, 2.05) is 17.8 Å². The zero-order chi connectivity index (χ0) is 13.2. The molecule has 0 aliphatic heterocycles. The normalized spacial score (nSPS) is 11.3. The third-order valence-corrected chi connectivity index (χ3v) is 4.87. The second-order valence-electron chi connectivity index (χ2n) is 4.68. The van der Waals surface area contributed by atoms with Gasteiger partial charge in [0.2, 0.25) is 0 Å². The van der Waals surface area contributed by atoms with Crippen LogP contribution in [-0.2, 0) is 0 Å². The molecule has 0 unspecified atom stereocenters. The second kappa shape index (κ2) is 5.35. The van der Waals surface area contributed by atoms with E-state index in [1.54, 1.807) is 11.3 Å². The molecule has 19 heavy (non-hydrogen) atoms. The Bertz CT molecular complexity index is 650. The number of hydrogen-bond donors (Lipinski definition) is 0. The lowest BCUT2D eigenvalue weighted by molar-refractivity contribution is 1.11. The van der Waals surface area contributed by atoms with Gasteiger partial charge in [-0.15, -0.1) is 23.1 Å². The molecule has 0 aliphatic carbocycles. The van der Waals surface area contributed by atoms with Crippen molar-refractivity contribution in [2.24, 2.45) is 0 Å². The first-order chi connectivity index (χ1) is 9.22. The monoisotopic (exact) mass is 285 g/mol. The number of thiazole rings is 1. The zero-order valence-electron chi connectivity index (χ0n) is 11.0. The van der Waals surface area contributed by atoms with Gasteiger partial charge in [0.1, 0.15) is 5.01 Å². The van der Waals surface area contributed by atoms with Gasteiger partial charge in [-0.25, -0.2) is 4.98 Å². The largest absolute Gasteiger partial charge is 0.236 e. The highest BCUT2D eigenvalue weighted by atomic mass is 32.2. The molecule has 96 valence electrons. The topological polar surface area (TPSA) is 12.9 Å². The summed E-state index contributed by atoms with van der Waals surface area (Å²) in [5.41, 5.74) is 2.29. The minimum Gasteiger partial charge on any atom is -0.236 e. The van der Waals surface area contributed by atoms with Crippen molar-refractivity contribution < 1.29 is 0 Å². The summed E-state index contributed by atoms with van der Waals surface area (Å²) in [7, 11) is 0. The van der Waals surface area contributed by atoms with Gasteiger partial charge in [0.15, 0.2) is 0 Å². The number of hydrogen-bond acceptors (Lipinski definition) is 3. The average molecular weight is 285 g/mol. The molecule has 0 amide bonds. The van der Waals surface area contributed by atoms with E-state index in [1.165, 1.54) is 15.2 Å². The van der Waals surface area contributed by atoms with Gasteiger partial charge in [-0.05, 0) is 24.3 Å². The minimum absolute atomic E-state index is 0.619. The number of benzene rings is 2. The highest BCUT2D eigenvalue weighted by molar-refractivity contribution is 7.99. The van der Waals surface area contributed by atoms with E-state index < -0.39 is 0 Å². The summed E-state index contributed by atoms with van der Waals surface area (Å²) in [5.74, 6) is 0. The molecule has 3 heteroatoms. The van der Waals surface area contributed by atoms with Crippen LogP contribution in [-0.4, -0.2) is 10.2 Å². The molecule has 0 atom stereocenters. The van der Waals surface area contributed by atoms with Gasteiger partial charge < -0.3 is 0 Å². The van der Waals surface area contributed by atoms with Crippen LogP contribution in [0.5, 0.6) is 0 Å². The summed E-state index contributed by atoms with van der Waals surface area (Å²) in [6, 6.07) is 17.0. The van der Waals surface area contributed by atoms with Crippen molar-refractivity contribution in [1.29, 1.82) is 0 Å². The first-order valence-electron chi connectivity index (χ1n) is 6.35. The van der Waals surface area contributed by atoms with Gasteiger partial charge in [0.05, 0.1) is 10.2 Å². The highest BCUT2D eigenvalue weighted by Crippen LogP contribution is 2.31. The van der Waals surface area contributed by atoms with Crippen LogP contribution in [0.3, 0.4) is 0 Å². The van der Waals surface area contributed by atoms with Crippen molar-refractivity contribution in [2.75, 3.05) is 0 Å². The molecule has 3 aromatic rings. The summed E-state index contributed by atoms with van der Waals surface area (Å²) >= 11 is 3.64. The van der Waals surface area contributed by atoms with E-state index >= 15 is 0 Å². The molecule has 2 aromatic carbocycles. The lowest BCUT2D eigenvalue weighted by Crippen LogP contribution is -1.85. The number of rotatable bonds is 3. The van der Waals surface area contributed by atoms with Crippen molar-refractivity contribution in [3.05, 3.63) is 48.5 Å². The number of para-hydroxylation sites is 1. The summed E-state index contributed by atoms with van der Waals surface area (Å²) in [6.45, 7) is 4.43. The van der Waals surface area contributed by atoms with Crippen molar-refractivity contribution in [3.63, 3.8) is 0 Å². The molecule has 0 spiro atoms. The average Bonchev–Trinajstić information content (AvgIpc) is 2.82. The van der Waals surface area contributed by atoms with Gasteiger partial charge in [0.25, 0.3) is 0 Å². The number of aromatic nitrogens is 1. The fourth-order valence-electron chi connectivity index (χ4n) is 1.94. The summed E-state index contributed by atoms with van der Waals surface area (Å²) < 4.78 is 1.25. The Morgan fingerprint density at radius 1 is 1.00 bits per heavy atom. The standard InChI is InChI=1S/C16H15NS2/c1-11(2)18-13-9-7-12(8-10-13)16-17-14-5-3-4-6-15(14)19-16/h3-11H,1-2H3. The van der Waals surface area contributed by atoms with Crippen molar-refractivity contribution in [2.45, 2.75) is 24.0 Å². The number of fused-ring (bicyclic) bond motifs is 1. The Morgan fingerprint density at radius 3 is 2.42 bits per heavy atom. The smallest absolute Gasteiger partial charge is 0.124 e. The van der Waals surface area contributed by atoms with Gasteiger partial charge in [-0.2, -0.15) is 0 Å². The third kappa shape index (κ3) is 2.82. The van der Waals surface area contributed by atoms with Gasteiger partial charge in [0, 0.05) is 15.7 Å². The number of thioether (sulfide) groups is 1. The van der Waals surface area contributed by atoms with Crippen LogP contribution in [0.25, 0.3) is 20.8 Å². The lowest BCUT2D eigenvalue weighted by atomic mass is 10.2. The van der Waals surface area contributed by atoms with Crippen molar-refractivity contribution in [1.82, 2.24) is 4.98 Å². The number of nitrogens with zero attached hydrogens (tertiary/aromatic N) is 1. The molecule has 3 rings (SSSR count). The maximum Gasteiger partial charge on any atom is 0.124 e. The summed E-state index contributed by atoms with van der Waals surface area (Å²) in [6.07, 6.45) is 0. The summed E-state index contributed by atoms with van der Waals surface area (Å²) in [5, 5.41) is 1.72. The Balaban J connectivity index is 1.93. The molecule has 0 saturated heterocycles. The molecule has 1 aromatic heterocycles. The van der Waals surface area contributed by atoms with Crippen LogP contribution in [0.4, 0.5) is 0 Å². The first kappa shape index (κ1) is 12.7. The van der Waals surface area contributed by atoms with E-state index in [9.17, 15) is 0 Å². The van der Waals surface area contributed by atoms with Crippen molar-refractivity contribution in [3.8, 4) is 10.6 Å². The molecule has 0 N–H and O–H groups in total. The molecule has 0 aliphatic rings. The van der Waals surface area contributed by atoms with E-state index in [0.29, 0.717) is 5.25 Å². The Kier molecular flexibility index (Phi) is 3.58. The SMILES string of the molecule is CC(C)Sc1ccc(-c2nc3ccccc3s2)cc1. The predicted octanol–water partition coefficient (Wildman–Crippen LogP) is 5.46.